The van der Waals surface area contributed by atoms with Crippen molar-refractivity contribution in [2.75, 3.05) is 11.1 Å². The second-order valence-corrected chi connectivity index (χ2v) is 3.73. The Labute approximate surface area is 95.7 Å². The van der Waals surface area contributed by atoms with E-state index in [0.29, 0.717) is 11.6 Å². The van der Waals surface area contributed by atoms with E-state index in [9.17, 15) is 0 Å². The molecule has 0 saturated heterocycles. The fraction of sp³-hybridized carbons (Fsp3) is 0. The van der Waals surface area contributed by atoms with Crippen LogP contribution in [0.25, 0.3) is 0 Å². The summed E-state index contributed by atoms with van der Waals surface area (Å²) >= 11 is 3.29. The van der Waals surface area contributed by atoms with Crippen molar-refractivity contribution in [1.29, 1.82) is 0 Å². The number of nitrogens with one attached hydrogen (secondary N) is 1. The summed E-state index contributed by atoms with van der Waals surface area (Å²) in [5, 5.41) is 3.05. The number of nitrogens with zero attached hydrogens (tertiary/aromatic N) is 2. The molecule has 0 fully saturated rings. The van der Waals surface area contributed by atoms with E-state index in [0.717, 1.165) is 10.4 Å². The Morgan fingerprint density at radius 3 is 2.33 bits per heavy atom. The van der Waals surface area contributed by atoms with Crippen LogP contribution >= 0.6 is 15.9 Å². The Hall–Kier alpha value is -1.62. The van der Waals surface area contributed by atoms with E-state index in [-0.39, 0.29) is 0 Å². The Morgan fingerprint density at radius 1 is 1.00 bits per heavy atom. The van der Waals surface area contributed by atoms with Crippen LogP contribution in [0.1, 0.15) is 0 Å². The largest absolute Gasteiger partial charge is 0.384 e. The molecule has 2 aromatic heterocycles. The van der Waals surface area contributed by atoms with Crippen molar-refractivity contribution < 1.29 is 0 Å². The van der Waals surface area contributed by atoms with Crippen LogP contribution in [0.5, 0.6) is 0 Å². The van der Waals surface area contributed by atoms with Gasteiger partial charge in [-0.3, -0.25) is 0 Å². The van der Waals surface area contributed by atoms with Gasteiger partial charge in [0.2, 0.25) is 0 Å². The highest BCUT2D eigenvalue weighted by Gasteiger charge is 1.97. The third-order valence-corrected chi connectivity index (χ3v) is 2.18. The van der Waals surface area contributed by atoms with Crippen LogP contribution in [0.15, 0.2) is 41.0 Å². The summed E-state index contributed by atoms with van der Waals surface area (Å²) in [6.45, 7) is 0. The molecule has 2 heterocycles. The van der Waals surface area contributed by atoms with Gasteiger partial charge in [-0.15, -0.1) is 0 Å². The van der Waals surface area contributed by atoms with Crippen LogP contribution < -0.4 is 11.1 Å². The van der Waals surface area contributed by atoms with Gasteiger partial charge in [0.15, 0.2) is 0 Å². The highest BCUT2D eigenvalue weighted by Crippen LogP contribution is 2.15. The summed E-state index contributed by atoms with van der Waals surface area (Å²) < 4.78 is 0.774. The lowest BCUT2D eigenvalue weighted by Crippen LogP contribution is -1.98. The maximum absolute atomic E-state index is 5.56. The summed E-state index contributed by atoms with van der Waals surface area (Å²) in [6.07, 6.45) is 0. The van der Waals surface area contributed by atoms with Crippen molar-refractivity contribution in [3.63, 3.8) is 0 Å². The summed E-state index contributed by atoms with van der Waals surface area (Å²) in [7, 11) is 0. The molecule has 0 aliphatic heterocycles. The van der Waals surface area contributed by atoms with E-state index in [1.807, 2.05) is 30.3 Å². The number of hydrogen-bond acceptors (Lipinski definition) is 4. The Balaban J connectivity index is 2.22. The van der Waals surface area contributed by atoms with Gasteiger partial charge >= 0.3 is 0 Å². The van der Waals surface area contributed by atoms with E-state index in [1.54, 1.807) is 6.07 Å². The standard InChI is InChI=1S/C10H9BrN4/c11-7-3-1-5-9(13-7)15-10-6-2-4-8(12)14-10/h1-6H,(H3,12,13,14,15). The molecule has 15 heavy (non-hydrogen) atoms. The average Bonchev–Trinajstić information content (AvgIpc) is 2.17. The third kappa shape index (κ3) is 2.66. The number of halogens is 1. The zero-order valence-electron chi connectivity index (χ0n) is 7.81. The monoisotopic (exact) mass is 264 g/mol. The fourth-order valence-corrected chi connectivity index (χ4v) is 1.47. The van der Waals surface area contributed by atoms with Gasteiger partial charge in [0, 0.05) is 0 Å². The molecule has 0 aliphatic carbocycles. The van der Waals surface area contributed by atoms with Gasteiger partial charge in [-0.05, 0) is 40.2 Å². The lowest BCUT2D eigenvalue weighted by Gasteiger charge is -2.04. The fourth-order valence-electron chi connectivity index (χ4n) is 1.13. The number of nitrogens with two attached hydrogens (primary N) is 1. The number of rotatable bonds is 2. The number of aromatic nitrogens is 2. The lowest BCUT2D eigenvalue weighted by molar-refractivity contribution is 1.23. The molecular weight excluding hydrogens is 256 g/mol. The Bertz CT molecular complexity index is 429. The molecule has 2 rings (SSSR count). The maximum Gasteiger partial charge on any atom is 0.133 e. The van der Waals surface area contributed by atoms with Gasteiger partial charge in [-0.2, -0.15) is 0 Å². The van der Waals surface area contributed by atoms with E-state index in [4.69, 9.17) is 5.73 Å². The summed E-state index contributed by atoms with van der Waals surface area (Å²) in [4.78, 5) is 8.33. The van der Waals surface area contributed by atoms with Crippen molar-refractivity contribution in [3.05, 3.63) is 41.0 Å². The predicted octanol–water partition coefficient (Wildman–Crippen LogP) is 2.56. The van der Waals surface area contributed by atoms with Crippen LogP contribution in [0.2, 0.25) is 0 Å². The van der Waals surface area contributed by atoms with Gasteiger partial charge in [0.05, 0.1) is 0 Å². The second-order valence-electron chi connectivity index (χ2n) is 2.92. The summed E-state index contributed by atoms with van der Waals surface area (Å²) in [5.74, 6) is 1.89. The molecule has 0 aromatic carbocycles. The first-order valence-electron chi connectivity index (χ1n) is 4.36. The minimum atomic E-state index is 0.481. The lowest BCUT2D eigenvalue weighted by atomic mass is 10.4. The van der Waals surface area contributed by atoms with Gasteiger partial charge < -0.3 is 11.1 Å². The zero-order chi connectivity index (χ0) is 10.7. The molecule has 0 spiro atoms. The molecule has 2 aromatic rings. The second kappa shape index (κ2) is 4.27. The van der Waals surface area contributed by atoms with Crippen LogP contribution in [0, 0.1) is 0 Å². The quantitative estimate of drug-likeness (QED) is 0.819. The first kappa shape index (κ1) is 9.92. The Kier molecular flexibility index (Phi) is 2.82. The van der Waals surface area contributed by atoms with Crippen molar-refractivity contribution in [2.24, 2.45) is 0 Å². The van der Waals surface area contributed by atoms with Crippen molar-refractivity contribution in [2.45, 2.75) is 0 Å². The SMILES string of the molecule is Nc1cccc(Nc2cccc(Br)n2)n1. The highest BCUT2D eigenvalue weighted by atomic mass is 79.9. The minimum Gasteiger partial charge on any atom is -0.384 e. The zero-order valence-corrected chi connectivity index (χ0v) is 9.40. The van der Waals surface area contributed by atoms with E-state index in [1.165, 1.54) is 0 Å². The van der Waals surface area contributed by atoms with Gasteiger partial charge in [0.1, 0.15) is 22.1 Å². The highest BCUT2D eigenvalue weighted by molar-refractivity contribution is 9.10. The molecule has 3 N–H and O–H groups in total. The molecule has 0 aliphatic rings. The van der Waals surface area contributed by atoms with Crippen molar-refractivity contribution >= 4 is 33.4 Å². The maximum atomic E-state index is 5.56. The first-order valence-corrected chi connectivity index (χ1v) is 5.15. The van der Waals surface area contributed by atoms with Crippen LogP contribution in [-0.2, 0) is 0 Å². The van der Waals surface area contributed by atoms with Gasteiger partial charge in [-0.25, -0.2) is 9.97 Å². The van der Waals surface area contributed by atoms with E-state index < -0.39 is 0 Å². The van der Waals surface area contributed by atoms with E-state index >= 15 is 0 Å². The van der Waals surface area contributed by atoms with E-state index in [2.05, 4.69) is 31.2 Å². The molecule has 5 heteroatoms. The first-order chi connectivity index (χ1) is 7.24. The molecule has 76 valence electrons. The molecule has 0 radical (unpaired) electrons. The molecule has 0 atom stereocenters. The van der Waals surface area contributed by atoms with Crippen LogP contribution in [-0.4, -0.2) is 9.97 Å². The minimum absolute atomic E-state index is 0.481. The molecule has 0 unspecified atom stereocenters. The molecule has 4 nitrogen and oxygen atoms in total. The van der Waals surface area contributed by atoms with Crippen molar-refractivity contribution in [3.8, 4) is 0 Å². The van der Waals surface area contributed by atoms with Crippen LogP contribution in [0.4, 0.5) is 17.5 Å². The third-order valence-electron chi connectivity index (χ3n) is 1.74. The van der Waals surface area contributed by atoms with Gasteiger partial charge in [-0.1, -0.05) is 12.1 Å². The summed E-state index contributed by atoms with van der Waals surface area (Å²) in [5.41, 5.74) is 5.56. The summed E-state index contributed by atoms with van der Waals surface area (Å²) in [6, 6.07) is 11.0. The molecule has 0 bridgehead atoms. The van der Waals surface area contributed by atoms with Crippen molar-refractivity contribution in [1.82, 2.24) is 9.97 Å². The number of anilines is 3. The molecular formula is C10H9BrN4. The number of pyridine rings is 2. The van der Waals surface area contributed by atoms with Crippen LogP contribution in [0.3, 0.4) is 0 Å². The normalized spacial score (nSPS) is 9.93. The average molecular weight is 265 g/mol. The smallest absolute Gasteiger partial charge is 0.133 e. The number of nitrogen functional groups attached to an aromatic ring is 1. The topological polar surface area (TPSA) is 63.8 Å². The number of hydrogen-bond donors (Lipinski definition) is 2. The Morgan fingerprint density at radius 2 is 1.67 bits per heavy atom. The molecule has 0 amide bonds. The predicted molar refractivity (Wildman–Crippen MR) is 63.9 cm³/mol. The molecule has 0 saturated carbocycles. The van der Waals surface area contributed by atoms with Gasteiger partial charge in [0.25, 0.3) is 0 Å².